The molecule has 0 aliphatic carbocycles. The predicted molar refractivity (Wildman–Crippen MR) is 103 cm³/mol. The van der Waals surface area contributed by atoms with Crippen LogP contribution in [0.25, 0.3) is 0 Å². The zero-order valence-corrected chi connectivity index (χ0v) is 15.4. The first-order valence-electron chi connectivity index (χ1n) is 9.49. The highest BCUT2D eigenvalue weighted by atomic mass is 16.3. The van der Waals surface area contributed by atoms with Crippen LogP contribution >= 0.6 is 0 Å². The average molecular weight is 350 g/mol. The average Bonchev–Trinajstić information content (AvgIpc) is 3.17. The third-order valence-corrected chi connectivity index (χ3v) is 5.79. The Balaban J connectivity index is 1.76. The number of carbonyl (C=O) groups is 1. The highest BCUT2D eigenvalue weighted by Gasteiger charge is 2.43. The van der Waals surface area contributed by atoms with Gasteiger partial charge in [0.2, 0.25) is 0 Å². The number of hydrogen-bond acceptors (Lipinski definition) is 3. The summed E-state index contributed by atoms with van der Waals surface area (Å²) in [5.74, 6) is -0.0520. The quantitative estimate of drug-likeness (QED) is 0.901. The van der Waals surface area contributed by atoms with Crippen molar-refractivity contribution in [3.05, 3.63) is 65.2 Å². The van der Waals surface area contributed by atoms with Gasteiger partial charge in [0.1, 0.15) is 0 Å². The van der Waals surface area contributed by atoms with Crippen LogP contribution in [0.4, 0.5) is 5.69 Å². The van der Waals surface area contributed by atoms with Gasteiger partial charge >= 0.3 is 0 Å². The van der Waals surface area contributed by atoms with Crippen molar-refractivity contribution in [3.63, 3.8) is 0 Å². The summed E-state index contributed by atoms with van der Waals surface area (Å²) in [5.41, 5.74) is 3.76. The molecular formula is C22H26N2O2. The summed E-state index contributed by atoms with van der Waals surface area (Å²) in [7, 11) is 0. The zero-order valence-electron chi connectivity index (χ0n) is 15.4. The Morgan fingerprint density at radius 1 is 1.04 bits per heavy atom. The number of nitrogens with zero attached hydrogens (tertiary/aromatic N) is 2. The molecule has 2 aromatic rings. The molecule has 0 spiro atoms. The van der Waals surface area contributed by atoms with Gasteiger partial charge in [-0.25, -0.2) is 0 Å². The van der Waals surface area contributed by atoms with Gasteiger partial charge in [-0.15, -0.1) is 0 Å². The maximum absolute atomic E-state index is 13.3. The number of amides is 1. The fraction of sp³-hybridized carbons (Fsp3) is 0.409. The van der Waals surface area contributed by atoms with Gasteiger partial charge in [-0.3, -0.25) is 9.69 Å². The van der Waals surface area contributed by atoms with E-state index in [0.29, 0.717) is 5.56 Å². The summed E-state index contributed by atoms with van der Waals surface area (Å²) in [5, 5.41) is 11.1. The standard InChI is InChI=1S/C22H26N2O2/c1-15-9-11-17(12-10-15)22(26)24-16(2)21(25)20(23-13-5-6-14-23)18-7-3-4-8-19(18)24/h3-4,7-12,16,20-21,25H,5-6,13-14H2,1-2H3/t16-,20-,21+/m1/s1. The molecule has 0 bridgehead atoms. The molecule has 2 heterocycles. The van der Waals surface area contributed by atoms with Crippen molar-refractivity contribution in [2.75, 3.05) is 18.0 Å². The first kappa shape index (κ1) is 17.3. The Labute approximate surface area is 155 Å². The molecule has 1 saturated heterocycles. The summed E-state index contributed by atoms with van der Waals surface area (Å²) in [4.78, 5) is 17.4. The van der Waals surface area contributed by atoms with Crippen LogP contribution in [0.5, 0.6) is 0 Å². The molecule has 0 aromatic heterocycles. The number of anilines is 1. The molecule has 1 amide bonds. The second kappa shape index (κ2) is 6.86. The second-order valence-corrected chi connectivity index (χ2v) is 7.52. The van der Waals surface area contributed by atoms with Crippen molar-refractivity contribution in [2.45, 2.75) is 44.9 Å². The van der Waals surface area contributed by atoms with E-state index in [-0.39, 0.29) is 18.0 Å². The van der Waals surface area contributed by atoms with E-state index in [1.807, 2.05) is 56.3 Å². The lowest BCUT2D eigenvalue weighted by Crippen LogP contribution is -2.54. The van der Waals surface area contributed by atoms with Crippen LogP contribution in [0, 0.1) is 6.92 Å². The van der Waals surface area contributed by atoms with Gasteiger partial charge in [0, 0.05) is 11.3 Å². The number of benzene rings is 2. The molecule has 26 heavy (non-hydrogen) atoms. The Bertz CT molecular complexity index is 796. The summed E-state index contributed by atoms with van der Waals surface area (Å²) in [6.45, 7) is 5.98. The molecule has 3 atom stereocenters. The van der Waals surface area contributed by atoms with E-state index in [1.165, 1.54) is 12.8 Å². The van der Waals surface area contributed by atoms with E-state index >= 15 is 0 Å². The maximum atomic E-state index is 13.3. The lowest BCUT2D eigenvalue weighted by molar-refractivity contribution is 0.0365. The number of aryl methyl sites for hydroxylation is 1. The number of hydrogen-bond donors (Lipinski definition) is 1. The van der Waals surface area contributed by atoms with Crippen molar-refractivity contribution < 1.29 is 9.90 Å². The summed E-state index contributed by atoms with van der Waals surface area (Å²) in [6.07, 6.45) is 1.75. The van der Waals surface area contributed by atoms with Crippen LogP contribution in [0.2, 0.25) is 0 Å². The topological polar surface area (TPSA) is 43.8 Å². The molecule has 136 valence electrons. The molecule has 4 nitrogen and oxygen atoms in total. The van der Waals surface area contributed by atoms with E-state index in [4.69, 9.17) is 0 Å². The highest BCUT2D eigenvalue weighted by molar-refractivity contribution is 6.07. The Morgan fingerprint density at radius 3 is 2.38 bits per heavy atom. The van der Waals surface area contributed by atoms with Crippen molar-refractivity contribution in [1.82, 2.24) is 4.90 Å². The molecular weight excluding hydrogens is 324 g/mol. The van der Waals surface area contributed by atoms with Gasteiger partial charge in [-0.1, -0.05) is 35.9 Å². The first-order chi connectivity index (χ1) is 12.6. The fourth-order valence-electron chi connectivity index (χ4n) is 4.34. The number of aliphatic hydroxyl groups is 1. The van der Waals surface area contributed by atoms with Crippen LogP contribution < -0.4 is 4.90 Å². The van der Waals surface area contributed by atoms with Crippen molar-refractivity contribution in [2.24, 2.45) is 0 Å². The van der Waals surface area contributed by atoms with Crippen molar-refractivity contribution >= 4 is 11.6 Å². The van der Waals surface area contributed by atoms with Crippen LogP contribution in [-0.2, 0) is 0 Å². The van der Waals surface area contributed by atoms with Gasteiger partial charge in [0.25, 0.3) is 5.91 Å². The fourth-order valence-corrected chi connectivity index (χ4v) is 4.34. The largest absolute Gasteiger partial charge is 0.389 e. The number of para-hydroxylation sites is 1. The number of likely N-dealkylation sites (tertiary alicyclic amines) is 1. The lowest BCUT2D eigenvalue weighted by atomic mass is 9.87. The molecule has 2 aromatic carbocycles. The van der Waals surface area contributed by atoms with Gasteiger partial charge in [-0.05, 0) is 63.5 Å². The molecule has 4 heteroatoms. The van der Waals surface area contributed by atoms with E-state index in [1.54, 1.807) is 4.90 Å². The smallest absolute Gasteiger partial charge is 0.258 e. The summed E-state index contributed by atoms with van der Waals surface area (Å²) in [6, 6.07) is 15.4. The SMILES string of the molecule is Cc1ccc(C(=O)N2c3ccccc3[C@@H](N3CCCC3)[C@@H](O)[C@H]2C)cc1. The van der Waals surface area contributed by atoms with E-state index in [0.717, 1.165) is 29.9 Å². The van der Waals surface area contributed by atoms with Gasteiger partial charge in [0.05, 0.1) is 18.2 Å². The number of rotatable bonds is 2. The minimum absolute atomic E-state index is 0.0363. The summed E-state index contributed by atoms with van der Waals surface area (Å²) >= 11 is 0. The molecule has 1 N–H and O–H groups in total. The van der Waals surface area contributed by atoms with Crippen LogP contribution in [0.3, 0.4) is 0 Å². The minimum atomic E-state index is -0.600. The second-order valence-electron chi connectivity index (χ2n) is 7.52. The molecule has 2 aliphatic heterocycles. The maximum Gasteiger partial charge on any atom is 0.258 e. The van der Waals surface area contributed by atoms with Gasteiger partial charge in [0.15, 0.2) is 0 Å². The van der Waals surface area contributed by atoms with Crippen molar-refractivity contribution in [3.8, 4) is 0 Å². The van der Waals surface area contributed by atoms with Crippen LogP contribution in [0.1, 0.15) is 47.3 Å². The first-order valence-corrected chi connectivity index (χ1v) is 9.49. The normalized spacial score (nSPS) is 26.0. The van der Waals surface area contributed by atoms with Crippen LogP contribution in [-0.4, -0.2) is 41.1 Å². The van der Waals surface area contributed by atoms with Crippen molar-refractivity contribution in [1.29, 1.82) is 0 Å². The monoisotopic (exact) mass is 350 g/mol. The number of aliphatic hydroxyl groups excluding tert-OH is 1. The zero-order chi connectivity index (χ0) is 18.3. The Morgan fingerprint density at radius 2 is 1.69 bits per heavy atom. The van der Waals surface area contributed by atoms with Gasteiger partial charge < -0.3 is 10.0 Å². The lowest BCUT2D eigenvalue weighted by Gasteiger charge is -2.45. The molecule has 0 unspecified atom stereocenters. The third kappa shape index (κ3) is 2.83. The van der Waals surface area contributed by atoms with Gasteiger partial charge in [-0.2, -0.15) is 0 Å². The Hall–Kier alpha value is -2.17. The van der Waals surface area contributed by atoms with Crippen LogP contribution in [0.15, 0.2) is 48.5 Å². The van der Waals surface area contributed by atoms with E-state index in [2.05, 4.69) is 11.0 Å². The molecule has 2 aliphatic rings. The predicted octanol–water partition coefficient (Wildman–Crippen LogP) is 3.54. The molecule has 4 rings (SSSR count). The Kier molecular flexibility index (Phi) is 4.55. The summed E-state index contributed by atoms with van der Waals surface area (Å²) < 4.78 is 0. The third-order valence-electron chi connectivity index (χ3n) is 5.79. The number of carbonyl (C=O) groups excluding carboxylic acids is 1. The molecule has 0 saturated carbocycles. The minimum Gasteiger partial charge on any atom is -0.389 e. The highest BCUT2D eigenvalue weighted by Crippen LogP contribution is 2.42. The van der Waals surface area contributed by atoms with E-state index < -0.39 is 6.10 Å². The van der Waals surface area contributed by atoms with E-state index in [9.17, 15) is 9.90 Å². The number of fused-ring (bicyclic) bond motifs is 1. The molecule has 0 radical (unpaired) electrons. The molecule has 1 fully saturated rings.